The molecule has 0 radical (unpaired) electrons. The molecule has 0 spiro atoms. The molecule has 0 aromatic heterocycles. The Morgan fingerprint density at radius 2 is 1.73 bits per heavy atom. The first-order valence-electron chi connectivity index (χ1n) is 9.52. The van der Waals surface area contributed by atoms with E-state index in [9.17, 15) is 9.59 Å². The number of hydrogen-bond donors (Lipinski definition) is 2. The van der Waals surface area contributed by atoms with Crippen molar-refractivity contribution in [2.75, 3.05) is 17.2 Å². The van der Waals surface area contributed by atoms with Crippen molar-refractivity contribution >= 4 is 46.1 Å². The molecule has 30 heavy (non-hydrogen) atoms. The first-order chi connectivity index (χ1) is 14.6. The number of carbonyl (C=O) groups is 2. The number of carbonyl (C=O) groups excluding carboxylic acids is 2. The number of fused-ring (bicyclic) bond motifs is 1. The Bertz CT molecular complexity index is 1140. The fourth-order valence-electron chi connectivity index (χ4n) is 3.32. The second kappa shape index (κ2) is 8.43. The third kappa shape index (κ3) is 3.93. The Balaban J connectivity index is 1.83. The molecule has 2 N–H and O–H groups in total. The Labute approximate surface area is 179 Å². The summed E-state index contributed by atoms with van der Waals surface area (Å²) in [5.41, 5.74) is 4.51. The number of rotatable bonds is 5. The fourth-order valence-corrected chi connectivity index (χ4v) is 3.45. The van der Waals surface area contributed by atoms with Gasteiger partial charge in [0.05, 0.1) is 29.1 Å². The molecule has 3 aromatic carbocycles. The van der Waals surface area contributed by atoms with Gasteiger partial charge in [-0.25, -0.2) is 4.79 Å². The number of benzene rings is 3. The van der Waals surface area contributed by atoms with Crippen LogP contribution in [0.2, 0.25) is 5.02 Å². The quantitative estimate of drug-likeness (QED) is 0.427. The molecule has 1 aliphatic rings. The summed E-state index contributed by atoms with van der Waals surface area (Å²) in [5, 5.41) is 6.86. The monoisotopic (exact) mass is 418 g/mol. The van der Waals surface area contributed by atoms with Crippen LogP contribution in [0.4, 0.5) is 11.4 Å². The van der Waals surface area contributed by atoms with Crippen LogP contribution in [0.1, 0.15) is 28.4 Å². The number of ether oxygens (including phenoxy) is 1. The zero-order valence-electron chi connectivity index (χ0n) is 16.2. The van der Waals surface area contributed by atoms with E-state index in [0.29, 0.717) is 33.1 Å². The molecule has 4 rings (SSSR count). The van der Waals surface area contributed by atoms with Gasteiger partial charge in [-0.3, -0.25) is 4.79 Å². The van der Waals surface area contributed by atoms with Crippen LogP contribution >= 0.6 is 11.6 Å². The van der Waals surface area contributed by atoms with Gasteiger partial charge >= 0.3 is 5.97 Å². The normalized spacial score (nSPS) is 14.0. The van der Waals surface area contributed by atoms with Gasteiger partial charge in [0, 0.05) is 16.3 Å². The summed E-state index contributed by atoms with van der Waals surface area (Å²) in [7, 11) is 0. The van der Waals surface area contributed by atoms with Crippen molar-refractivity contribution in [3.05, 3.63) is 94.5 Å². The van der Waals surface area contributed by atoms with Crippen molar-refractivity contribution < 1.29 is 14.3 Å². The molecule has 0 fully saturated rings. The average Bonchev–Trinajstić information content (AvgIpc) is 3.09. The summed E-state index contributed by atoms with van der Waals surface area (Å²) in [6.07, 6.45) is 0. The van der Waals surface area contributed by atoms with Crippen LogP contribution in [-0.2, 0) is 9.53 Å². The lowest BCUT2D eigenvalue weighted by atomic mass is 9.99. The van der Waals surface area contributed by atoms with Crippen LogP contribution in [0.5, 0.6) is 0 Å². The van der Waals surface area contributed by atoms with Crippen molar-refractivity contribution in [1.82, 2.24) is 0 Å². The number of hydrogen-bond acceptors (Lipinski definition) is 4. The lowest BCUT2D eigenvalue weighted by Gasteiger charge is -2.15. The summed E-state index contributed by atoms with van der Waals surface area (Å²) >= 11 is 6.00. The molecule has 0 unspecified atom stereocenters. The lowest BCUT2D eigenvalue weighted by Crippen LogP contribution is -2.10. The number of esters is 1. The van der Waals surface area contributed by atoms with E-state index in [4.69, 9.17) is 16.3 Å². The van der Waals surface area contributed by atoms with E-state index in [1.165, 1.54) is 0 Å². The predicted molar refractivity (Wildman–Crippen MR) is 119 cm³/mol. The van der Waals surface area contributed by atoms with Gasteiger partial charge in [-0.2, -0.15) is 0 Å². The van der Waals surface area contributed by atoms with E-state index in [-0.39, 0.29) is 12.5 Å². The SMILES string of the molecule is CCOC(=O)c1ccc2c(c1)NC(=O)C2=C(Nc1ccc(Cl)cc1)c1ccccc1. The van der Waals surface area contributed by atoms with Gasteiger partial charge in [0.2, 0.25) is 0 Å². The minimum atomic E-state index is -0.422. The molecule has 1 aliphatic heterocycles. The second-order valence-electron chi connectivity index (χ2n) is 6.68. The van der Waals surface area contributed by atoms with Gasteiger partial charge in [0.15, 0.2) is 0 Å². The maximum absolute atomic E-state index is 13.0. The van der Waals surface area contributed by atoms with Gasteiger partial charge in [-0.1, -0.05) is 48.0 Å². The molecule has 0 saturated heterocycles. The van der Waals surface area contributed by atoms with Crippen LogP contribution in [0.25, 0.3) is 11.3 Å². The Morgan fingerprint density at radius 1 is 1.00 bits per heavy atom. The van der Waals surface area contributed by atoms with Crippen LogP contribution in [0, 0.1) is 0 Å². The third-order valence-electron chi connectivity index (χ3n) is 4.70. The first kappa shape index (κ1) is 19.7. The van der Waals surface area contributed by atoms with E-state index < -0.39 is 5.97 Å². The number of halogens is 1. The number of anilines is 2. The van der Waals surface area contributed by atoms with E-state index in [1.807, 2.05) is 42.5 Å². The van der Waals surface area contributed by atoms with E-state index in [1.54, 1.807) is 37.3 Å². The van der Waals surface area contributed by atoms with Crippen LogP contribution < -0.4 is 10.6 Å². The summed E-state index contributed by atoms with van der Waals surface area (Å²) in [6.45, 7) is 2.04. The molecule has 1 heterocycles. The Morgan fingerprint density at radius 3 is 2.43 bits per heavy atom. The highest BCUT2D eigenvalue weighted by Gasteiger charge is 2.29. The minimum Gasteiger partial charge on any atom is -0.462 e. The van der Waals surface area contributed by atoms with Gasteiger partial charge < -0.3 is 15.4 Å². The zero-order chi connectivity index (χ0) is 21.1. The second-order valence-corrected chi connectivity index (χ2v) is 7.12. The van der Waals surface area contributed by atoms with Crippen molar-refractivity contribution in [3.63, 3.8) is 0 Å². The summed E-state index contributed by atoms with van der Waals surface area (Å²) < 4.78 is 5.06. The summed E-state index contributed by atoms with van der Waals surface area (Å²) in [6, 6.07) is 22.0. The fraction of sp³-hybridized carbons (Fsp3) is 0.0833. The molecule has 0 aliphatic carbocycles. The summed E-state index contributed by atoms with van der Waals surface area (Å²) in [4.78, 5) is 25.0. The minimum absolute atomic E-state index is 0.244. The molecule has 5 nitrogen and oxygen atoms in total. The van der Waals surface area contributed by atoms with E-state index in [0.717, 1.165) is 11.3 Å². The molecule has 0 saturated carbocycles. The molecular formula is C24H19ClN2O3. The first-order valence-corrected chi connectivity index (χ1v) is 9.90. The van der Waals surface area contributed by atoms with Crippen molar-refractivity contribution in [2.45, 2.75) is 6.92 Å². The predicted octanol–water partition coefficient (Wildman–Crippen LogP) is 5.45. The van der Waals surface area contributed by atoms with Crippen molar-refractivity contribution in [1.29, 1.82) is 0 Å². The number of amides is 1. The van der Waals surface area contributed by atoms with Gasteiger partial charge in [0.25, 0.3) is 5.91 Å². The smallest absolute Gasteiger partial charge is 0.338 e. The molecular weight excluding hydrogens is 400 g/mol. The molecule has 0 bridgehead atoms. The van der Waals surface area contributed by atoms with Crippen molar-refractivity contribution in [2.24, 2.45) is 0 Å². The highest BCUT2D eigenvalue weighted by Crippen LogP contribution is 2.38. The Hall–Kier alpha value is -3.57. The maximum Gasteiger partial charge on any atom is 0.338 e. The van der Waals surface area contributed by atoms with Crippen LogP contribution in [0.15, 0.2) is 72.8 Å². The standard InChI is InChI=1S/C24H19ClN2O3/c1-2-30-24(29)16-8-13-19-20(14-16)27-23(28)21(19)22(15-6-4-3-5-7-15)26-18-11-9-17(25)10-12-18/h3-14,26H,2H2,1H3,(H,27,28). The lowest BCUT2D eigenvalue weighted by molar-refractivity contribution is -0.110. The van der Waals surface area contributed by atoms with Gasteiger partial charge in [0.1, 0.15) is 0 Å². The average molecular weight is 419 g/mol. The third-order valence-corrected chi connectivity index (χ3v) is 4.95. The van der Waals surface area contributed by atoms with Crippen molar-refractivity contribution in [3.8, 4) is 0 Å². The highest BCUT2D eigenvalue weighted by molar-refractivity contribution is 6.37. The largest absolute Gasteiger partial charge is 0.462 e. The summed E-state index contributed by atoms with van der Waals surface area (Å²) in [5.74, 6) is -0.666. The van der Waals surface area contributed by atoms with E-state index >= 15 is 0 Å². The zero-order valence-corrected chi connectivity index (χ0v) is 17.0. The Kier molecular flexibility index (Phi) is 5.55. The topological polar surface area (TPSA) is 67.4 Å². The van der Waals surface area contributed by atoms with Crippen LogP contribution in [-0.4, -0.2) is 18.5 Å². The molecule has 6 heteroatoms. The van der Waals surface area contributed by atoms with E-state index in [2.05, 4.69) is 10.6 Å². The highest BCUT2D eigenvalue weighted by atomic mass is 35.5. The van der Waals surface area contributed by atoms with Crippen LogP contribution in [0.3, 0.4) is 0 Å². The molecule has 150 valence electrons. The van der Waals surface area contributed by atoms with Gasteiger partial charge in [-0.15, -0.1) is 0 Å². The maximum atomic E-state index is 13.0. The van der Waals surface area contributed by atoms with Gasteiger partial charge in [-0.05, 0) is 48.9 Å². The number of nitrogens with one attached hydrogen (secondary N) is 2. The molecule has 1 amide bonds. The molecule has 3 aromatic rings. The molecule has 0 atom stereocenters.